The van der Waals surface area contributed by atoms with E-state index >= 15 is 0 Å². The van der Waals surface area contributed by atoms with Gasteiger partial charge in [0.2, 0.25) is 0 Å². The lowest BCUT2D eigenvalue weighted by atomic mass is 10.2. The van der Waals surface area contributed by atoms with Crippen LogP contribution in [-0.2, 0) is 20.8 Å². The Balaban J connectivity index is 2.16. The molecule has 0 saturated carbocycles. The van der Waals surface area contributed by atoms with Crippen LogP contribution < -0.4 is 0 Å². The highest BCUT2D eigenvalue weighted by Crippen LogP contribution is 2.18. The summed E-state index contributed by atoms with van der Waals surface area (Å²) in [6.07, 6.45) is 4.73. The standard InChI is InChI=1S/C14H18N2O4/c1-3-19-14(18)5-4-12-10(2)16(13(9-17)15-12)8-11-6-7-20-11/h4-5,9,11H,3,6-8H2,1-2H3/b5-4+/t11-/m0/s1. The third-order valence-corrected chi connectivity index (χ3v) is 3.24. The summed E-state index contributed by atoms with van der Waals surface area (Å²) >= 11 is 0. The largest absolute Gasteiger partial charge is 0.463 e. The molecule has 1 aliphatic rings. The molecule has 6 nitrogen and oxygen atoms in total. The Morgan fingerprint density at radius 2 is 2.35 bits per heavy atom. The molecule has 1 aromatic rings. The number of hydrogen-bond donors (Lipinski definition) is 0. The molecule has 0 bridgehead atoms. The van der Waals surface area contributed by atoms with Gasteiger partial charge in [0, 0.05) is 18.4 Å². The summed E-state index contributed by atoms with van der Waals surface area (Å²) < 4.78 is 12.0. The third-order valence-electron chi connectivity index (χ3n) is 3.24. The van der Waals surface area contributed by atoms with Crippen LogP contribution in [-0.4, -0.2) is 41.1 Å². The van der Waals surface area contributed by atoms with E-state index in [4.69, 9.17) is 9.47 Å². The Morgan fingerprint density at radius 1 is 1.60 bits per heavy atom. The van der Waals surface area contributed by atoms with Crippen molar-refractivity contribution >= 4 is 18.3 Å². The molecule has 0 radical (unpaired) electrons. The zero-order valence-corrected chi connectivity index (χ0v) is 11.7. The first-order chi connectivity index (χ1) is 9.65. The first-order valence-corrected chi connectivity index (χ1v) is 6.64. The average molecular weight is 278 g/mol. The zero-order valence-electron chi connectivity index (χ0n) is 11.7. The van der Waals surface area contributed by atoms with E-state index in [1.54, 1.807) is 13.0 Å². The van der Waals surface area contributed by atoms with Crippen molar-refractivity contribution in [3.63, 3.8) is 0 Å². The molecule has 0 unspecified atom stereocenters. The van der Waals surface area contributed by atoms with Crippen molar-refractivity contribution in [2.24, 2.45) is 0 Å². The summed E-state index contributed by atoms with van der Waals surface area (Å²) in [6.45, 7) is 5.32. The molecule has 0 aromatic carbocycles. The lowest BCUT2D eigenvalue weighted by Gasteiger charge is -2.27. The molecule has 1 fully saturated rings. The van der Waals surface area contributed by atoms with Crippen LogP contribution in [0.5, 0.6) is 0 Å². The Hall–Kier alpha value is -1.95. The number of carbonyl (C=O) groups excluding carboxylic acids is 2. The van der Waals surface area contributed by atoms with Crippen molar-refractivity contribution in [2.45, 2.75) is 32.9 Å². The number of rotatable bonds is 6. The molecule has 0 aliphatic carbocycles. The number of imidazole rings is 1. The van der Waals surface area contributed by atoms with Gasteiger partial charge < -0.3 is 14.0 Å². The van der Waals surface area contributed by atoms with Crippen molar-refractivity contribution < 1.29 is 19.1 Å². The number of esters is 1. The van der Waals surface area contributed by atoms with E-state index in [2.05, 4.69) is 4.98 Å². The fraction of sp³-hybridized carbons (Fsp3) is 0.500. The summed E-state index contributed by atoms with van der Waals surface area (Å²) in [5.41, 5.74) is 1.43. The first-order valence-electron chi connectivity index (χ1n) is 6.64. The van der Waals surface area contributed by atoms with E-state index in [0.29, 0.717) is 31.0 Å². The smallest absolute Gasteiger partial charge is 0.330 e. The van der Waals surface area contributed by atoms with Gasteiger partial charge in [-0.15, -0.1) is 0 Å². The lowest BCUT2D eigenvalue weighted by molar-refractivity contribution is -0.137. The van der Waals surface area contributed by atoms with Gasteiger partial charge in [-0.2, -0.15) is 0 Å². The molecule has 108 valence electrons. The minimum atomic E-state index is -0.420. The van der Waals surface area contributed by atoms with Gasteiger partial charge >= 0.3 is 5.97 Å². The molecule has 1 atom stereocenters. The van der Waals surface area contributed by atoms with Gasteiger partial charge in [0.25, 0.3) is 0 Å². The predicted octanol–water partition coefficient (Wildman–Crippen LogP) is 1.37. The van der Waals surface area contributed by atoms with Crippen LogP contribution in [0.3, 0.4) is 0 Å². The number of aromatic nitrogens is 2. The maximum atomic E-state index is 11.3. The number of carbonyl (C=O) groups is 2. The Bertz CT molecular complexity index is 530. The second kappa shape index (κ2) is 6.47. The van der Waals surface area contributed by atoms with Crippen LogP contribution >= 0.6 is 0 Å². The highest BCUT2D eigenvalue weighted by atomic mass is 16.5. The van der Waals surface area contributed by atoms with Crippen LogP contribution in [0.25, 0.3) is 6.08 Å². The van der Waals surface area contributed by atoms with Crippen molar-refractivity contribution in [1.82, 2.24) is 9.55 Å². The van der Waals surface area contributed by atoms with Crippen LogP contribution in [0.1, 0.15) is 35.4 Å². The van der Waals surface area contributed by atoms with E-state index < -0.39 is 5.97 Å². The molecule has 0 spiro atoms. The van der Waals surface area contributed by atoms with Gasteiger partial charge in [-0.25, -0.2) is 9.78 Å². The van der Waals surface area contributed by atoms with E-state index in [-0.39, 0.29) is 6.10 Å². The second-order valence-corrected chi connectivity index (χ2v) is 4.54. The Labute approximate surface area is 117 Å². The van der Waals surface area contributed by atoms with Crippen molar-refractivity contribution in [3.8, 4) is 0 Å². The molecule has 2 heterocycles. The minimum absolute atomic E-state index is 0.142. The first kappa shape index (κ1) is 14.5. The summed E-state index contributed by atoms with van der Waals surface area (Å²) in [5, 5.41) is 0. The van der Waals surface area contributed by atoms with E-state index in [0.717, 1.165) is 18.7 Å². The van der Waals surface area contributed by atoms with Gasteiger partial charge in [0.1, 0.15) is 0 Å². The quantitative estimate of drug-likeness (QED) is 0.446. The molecule has 0 amide bonds. The summed E-state index contributed by atoms with van der Waals surface area (Å²) in [7, 11) is 0. The molecule has 1 saturated heterocycles. The molecule has 6 heteroatoms. The Kier molecular flexibility index (Phi) is 4.68. The molecular weight excluding hydrogens is 260 g/mol. The number of aldehydes is 1. The van der Waals surface area contributed by atoms with Crippen molar-refractivity contribution in [2.75, 3.05) is 13.2 Å². The fourth-order valence-electron chi connectivity index (χ4n) is 2.02. The van der Waals surface area contributed by atoms with Crippen LogP contribution in [0.4, 0.5) is 0 Å². The van der Waals surface area contributed by atoms with Gasteiger partial charge in [0.15, 0.2) is 12.1 Å². The Morgan fingerprint density at radius 3 is 2.90 bits per heavy atom. The van der Waals surface area contributed by atoms with Crippen LogP contribution in [0.2, 0.25) is 0 Å². The third kappa shape index (κ3) is 3.14. The molecule has 20 heavy (non-hydrogen) atoms. The summed E-state index contributed by atoms with van der Waals surface area (Å²) in [5.74, 6) is -0.0714. The van der Waals surface area contributed by atoms with Crippen molar-refractivity contribution in [1.29, 1.82) is 0 Å². The SMILES string of the molecule is CCOC(=O)/C=C/c1nc(C=O)n(C[C@@H]2CCO2)c1C. The van der Waals surface area contributed by atoms with E-state index in [1.807, 2.05) is 11.5 Å². The summed E-state index contributed by atoms with van der Waals surface area (Å²) in [4.78, 5) is 26.6. The van der Waals surface area contributed by atoms with Crippen molar-refractivity contribution in [3.05, 3.63) is 23.3 Å². The maximum Gasteiger partial charge on any atom is 0.330 e. The number of nitrogens with zero attached hydrogens (tertiary/aromatic N) is 2. The van der Waals surface area contributed by atoms with Gasteiger partial charge in [0.05, 0.1) is 24.9 Å². The van der Waals surface area contributed by atoms with Crippen LogP contribution in [0, 0.1) is 6.92 Å². The molecular formula is C14H18N2O4. The molecule has 2 rings (SSSR count). The number of hydrogen-bond acceptors (Lipinski definition) is 5. The molecule has 0 N–H and O–H groups in total. The number of ether oxygens (including phenoxy) is 2. The van der Waals surface area contributed by atoms with E-state index in [9.17, 15) is 9.59 Å². The topological polar surface area (TPSA) is 70.4 Å². The monoisotopic (exact) mass is 278 g/mol. The molecule has 1 aromatic heterocycles. The lowest BCUT2D eigenvalue weighted by Crippen LogP contribution is -2.32. The molecule has 1 aliphatic heterocycles. The highest BCUT2D eigenvalue weighted by Gasteiger charge is 2.22. The second-order valence-electron chi connectivity index (χ2n) is 4.54. The average Bonchev–Trinajstić information content (AvgIpc) is 2.68. The van der Waals surface area contributed by atoms with Gasteiger partial charge in [-0.3, -0.25) is 4.79 Å². The summed E-state index contributed by atoms with van der Waals surface area (Å²) in [6, 6.07) is 0. The fourth-order valence-corrected chi connectivity index (χ4v) is 2.02. The normalized spacial score (nSPS) is 18.0. The van der Waals surface area contributed by atoms with Gasteiger partial charge in [-0.05, 0) is 26.3 Å². The van der Waals surface area contributed by atoms with Crippen LogP contribution in [0.15, 0.2) is 6.08 Å². The minimum Gasteiger partial charge on any atom is -0.463 e. The predicted molar refractivity (Wildman–Crippen MR) is 72.4 cm³/mol. The maximum absolute atomic E-state index is 11.3. The highest BCUT2D eigenvalue weighted by molar-refractivity contribution is 5.87. The van der Waals surface area contributed by atoms with Gasteiger partial charge in [-0.1, -0.05) is 0 Å². The zero-order chi connectivity index (χ0) is 14.5. The van der Waals surface area contributed by atoms with E-state index in [1.165, 1.54) is 6.08 Å².